The van der Waals surface area contributed by atoms with Gasteiger partial charge in [-0.05, 0) is 71.5 Å². The predicted octanol–water partition coefficient (Wildman–Crippen LogP) is 6.64. The predicted molar refractivity (Wildman–Crippen MR) is 192 cm³/mol. The molecule has 9 heteroatoms. The second kappa shape index (κ2) is 18.2. The molecule has 0 radical (unpaired) electrons. The van der Waals surface area contributed by atoms with E-state index in [1.807, 2.05) is 121 Å². The Balaban J connectivity index is 1.22. The normalized spacial score (nSPS) is 11.8. The highest BCUT2D eigenvalue weighted by Gasteiger charge is 2.13. The van der Waals surface area contributed by atoms with E-state index in [9.17, 15) is 18.6 Å². The van der Waals surface area contributed by atoms with Crippen LogP contribution in [0.2, 0.25) is 0 Å². The Morgan fingerprint density at radius 2 is 0.830 bits per heavy atom. The molecular weight excluding hydrogens is 612 g/mol. The molecule has 0 spiro atoms. The maximum absolute atomic E-state index is 12.4. The molecule has 8 nitrogen and oxygen atoms in total. The number of nitrogens with zero attached hydrogens (tertiary/aromatic N) is 2. The summed E-state index contributed by atoms with van der Waals surface area (Å²) in [5.41, 5.74) is 7.61. The monoisotopic (exact) mass is 656 g/mol. The molecule has 0 aliphatic heterocycles. The lowest BCUT2D eigenvalue weighted by Crippen LogP contribution is -2.25. The highest BCUT2D eigenvalue weighted by atomic mass is 32.3. The smallest absolute Gasteiger partial charge is 0.395 e. The lowest BCUT2D eigenvalue weighted by atomic mass is 10.1. The lowest BCUT2D eigenvalue weighted by molar-refractivity contribution is 0.202. The van der Waals surface area contributed by atoms with E-state index in [-0.39, 0.29) is 26.4 Å². The molecule has 0 aliphatic rings. The average Bonchev–Trinajstić information content (AvgIpc) is 3.11. The summed E-state index contributed by atoms with van der Waals surface area (Å²) in [7, 11) is -4.18. The zero-order valence-electron chi connectivity index (χ0n) is 27.0. The number of hydrogen-bond donors (Lipinski definition) is 2. The fraction of sp³-hybridized carbons (Fsp3) is 0.263. The highest BCUT2D eigenvalue weighted by molar-refractivity contribution is 7.81. The van der Waals surface area contributed by atoms with Crippen molar-refractivity contribution in [2.75, 3.05) is 49.2 Å². The second-order valence-corrected chi connectivity index (χ2v) is 12.2. The zero-order chi connectivity index (χ0) is 33.5. The summed E-state index contributed by atoms with van der Waals surface area (Å²) in [4.78, 5) is 4.22. The van der Waals surface area contributed by atoms with Crippen LogP contribution in [-0.4, -0.2) is 58.0 Å². The van der Waals surface area contributed by atoms with Crippen molar-refractivity contribution in [1.82, 2.24) is 0 Å². The van der Waals surface area contributed by atoms with Gasteiger partial charge in [0.15, 0.2) is 0 Å². The maximum Gasteiger partial charge on any atom is 0.400 e. The van der Waals surface area contributed by atoms with Crippen LogP contribution in [0.3, 0.4) is 0 Å². The molecule has 0 atom stereocenters. The number of rotatable bonds is 18. The molecule has 0 saturated heterocycles. The molecule has 248 valence electrons. The van der Waals surface area contributed by atoms with Gasteiger partial charge in [0, 0.05) is 37.6 Å². The van der Waals surface area contributed by atoms with Gasteiger partial charge in [-0.25, -0.2) is 8.37 Å². The Kier molecular flexibility index (Phi) is 13.8. The van der Waals surface area contributed by atoms with E-state index in [0.717, 1.165) is 46.7 Å². The molecule has 4 aromatic rings. The van der Waals surface area contributed by atoms with E-state index < -0.39 is 10.4 Å². The van der Waals surface area contributed by atoms with Crippen LogP contribution in [0.1, 0.15) is 47.2 Å². The van der Waals surface area contributed by atoms with Gasteiger partial charge >= 0.3 is 10.4 Å². The van der Waals surface area contributed by atoms with E-state index in [0.29, 0.717) is 24.2 Å². The van der Waals surface area contributed by atoms with Crippen LogP contribution in [0, 0.1) is 0 Å². The molecule has 0 unspecified atom stereocenters. The van der Waals surface area contributed by atoms with Gasteiger partial charge in [-0.2, -0.15) is 8.42 Å². The van der Waals surface area contributed by atoms with Crippen molar-refractivity contribution in [3.63, 3.8) is 0 Å². The van der Waals surface area contributed by atoms with Crippen LogP contribution in [0.25, 0.3) is 24.3 Å². The molecule has 2 N–H and O–H groups in total. The van der Waals surface area contributed by atoms with Gasteiger partial charge in [0.05, 0.1) is 26.4 Å². The largest absolute Gasteiger partial charge is 0.400 e. The fourth-order valence-electron chi connectivity index (χ4n) is 4.92. The molecule has 0 amide bonds. The maximum atomic E-state index is 12.4. The first-order chi connectivity index (χ1) is 22.8. The van der Waals surface area contributed by atoms with E-state index in [1.54, 1.807) is 0 Å². The summed E-state index contributed by atoms with van der Waals surface area (Å²) in [5.74, 6) is 0. The summed E-state index contributed by atoms with van der Waals surface area (Å²) in [5, 5.41) is 18.5. The quantitative estimate of drug-likeness (QED) is 0.115. The van der Waals surface area contributed by atoms with Crippen molar-refractivity contribution >= 4 is 46.1 Å². The minimum absolute atomic E-state index is 0.118. The van der Waals surface area contributed by atoms with Crippen molar-refractivity contribution in [2.24, 2.45) is 0 Å². The summed E-state index contributed by atoms with van der Waals surface area (Å²) in [6.45, 7) is 6.97. The molecule has 0 bridgehead atoms. The Morgan fingerprint density at radius 1 is 0.532 bits per heavy atom. The molecule has 0 aliphatic carbocycles. The van der Waals surface area contributed by atoms with Gasteiger partial charge in [-0.15, -0.1) is 0 Å². The van der Waals surface area contributed by atoms with Crippen molar-refractivity contribution in [3.8, 4) is 0 Å². The number of anilines is 2. The molecular formula is C38H44N2O6S. The number of aliphatic hydroxyl groups excluding tert-OH is 2. The molecule has 0 aromatic heterocycles. The van der Waals surface area contributed by atoms with E-state index >= 15 is 0 Å². The molecule has 4 rings (SSSR count). The first-order valence-electron chi connectivity index (χ1n) is 15.8. The third kappa shape index (κ3) is 11.5. The number of likely N-dealkylation sites (N-methyl/N-ethyl adjacent to an activating group) is 2. The van der Waals surface area contributed by atoms with Crippen LogP contribution in [0.5, 0.6) is 0 Å². The average molecular weight is 657 g/mol. The van der Waals surface area contributed by atoms with Gasteiger partial charge in [0.1, 0.15) is 0 Å². The van der Waals surface area contributed by atoms with Crippen molar-refractivity contribution in [3.05, 3.63) is 130 Å². The Labute approximate surface area is 279 Å². The third-order valence-corrected chi connectivity index (χ3v) is 8.47. The van der Waals surface area contributed by atoms with Crippen LogP contribution in [0.4, 0.5) is 11.4 Å². The SMILES string of the molecule is CCN(CCO)c1ccc(/C=C/c2ccc(COS(=O)(=O)OCc3ccc(/C=C/c4ccc(N(CC)CCO)cc4)cc3)cc2)cc1. The van der Waals surface area contributed by atoms with Crippen molar-refractivity contribution < 1.29 is 27.0 Å². The number of benzene rings is 4. The summed E-state index contributed by atoms with van der Waals surface area (Å²) < 4.78 is 35.0. The van der Waals surface area contributed by atoms with Gasteiger partial charge in [0.25, 0.3) is 0 Å². The number of hydrogen-bond acceptors (Lipinski definition) is 8. The van der Waals surface area contributed by atoms with Gasteiger partial charge in [-0.3, -0.25) is 0 Å². The molecule has 0 fully saturated rings. The molecule has 47 heavy (non-hydrogen) atoms. The van der Waals surface area contributed by atoms with E-state index in [1.165, 1.54) is 0 Å². The number of aliphatic hydroxyl groups is 2. The Bertz CT molecular complexity index is 1550. The first kappa shape index (κ1) is 35.6. The standard InChI is InChI=1S/C38H44N2O6S/c1-3-39(25-27-41)37-21-17-33(18-22-37)7-5-31-9-13-35(14-10-31)29-45-47(43,44)46-30-36-15-11-32(12-16-36)6-8-34-19-23-38(24-20-34)40(4-2)26-28-42/h5-24,41-42H,3-4,25-30H2,1-2H3/b7-5+,8-6+. The fourth-order valence-corrected chi connectivity index (χ4v) is 5.55. The zero-order valence-corrected chi connectivity index (χ0v) is 27.9. The third-order valence-electron chi connectivity index (χ3n) is 7.66. The topological polar surface area (TPSA) is 99.5 Å². The van der Waals surface area contributed by atoms with Crippen LogP contribution < -0.4 is 9.80 Å². The van der Waals surface area contributed by atoms with Crippen LogP contribution in [-0.2, 0) is 32.0 Å². The minimum Gasteiger partial charge on any atom is -0.395 e. The summed E-state index contributed by atoms with van der Waals surface area (Å²) in [6, 6.07) is 31.2. The second-order valence-electron chi connectivity index (χ2n) is 10.9. The Hall–Kier alpha value is -4.25. The van der Waals surface area contributed by atoms with Crippen LogP contribution >= 0.6 is 0 Å². The van der Waals surface area contributed by atoms with Gasteiger partial charge < -0.3 is 20.0 Å². The first-order valence-corrected chi connectivity index (χ1v) is 17.2. The molecule has 4 aromatic carbocycles. The Morgan fingerprint density at radius 3 is 1.11 bits per heavy atom. The van der Waals surface area contributed by atoms with Crippen molar-refractivity contribution in [2.45, 2.75) is 27.1 Å². The van der Waals surface area contributed by atoms with Gasteiger partial charge in [-0.1, -0.05) is 97.1 Å². The highest BCUT2D eigenvalue weighted by Crippen LogP contribution is 2.19. The van der Waals surface area contributed by atoms with Crippen molar-refractivity contribution in [1.29, 1.82) is 0 Å². The lowest BCUT2D eigenvalue weighted by Gasteiger charge is -2.21. The van der Waals surface area contributed by atoms with Gasteiger partial charge in [0.2, 0.25) is 0 Å². The minimum atomic E-state index is -4.18. The summed E-state index contributed by atoms with van der Waals surface area (Å²) in [6.07, 6.45) is 8.01. The molecule has 0 heterocycles. The van der Waals surface area contributed by atoms with Crippen LogP contribution in [0.15, 0.2) is 97.1 Å². The summed E-state index contributed by atoms with van der Waals surface area (Å²) >= 11 is 0. The van der Waals surface area contributed by atoms with E-state index in [4.69, 9.17) is 8.37 Å². The van der Waals surface area contributed by atoms with E-state index in [2.05, 4.69) is 23.6 Å². The molecule has 0 saturated carbocycles.